The summed E-state index contributed by atoms with van der Waals surface area (Å²) >= 11 is 0. The summed E-state index contributed by atoms with van der Waals surface area (Å²) in [6, 6.07) is 13.1. The van der Waals surface area contributed by atoms with E-state index < -0.39 is 5.97 Å². The minimum Gasteiger partial charge on any atom is -0.465 e. The highest BCUT2D eigenvalue weighted by molar-refractivity contribution is 5.94. The number of ether oxygens (including phenoxy) is 1. The summed E-state index contributed by atoms with van der Waals surface area (Å²) in [5.41, 5.74) is 4.80. The highest BCUT2D eigenvalue weighted by Crippen LogP contribution is 2.33. The average Bonchev–Trinajstić information content (AvgIpc) is 2.69. The molecule has 4 rings (SSSR count). The molecule has 0 spiro atoms. The van der Waals surface area contributed by atoms with Crippen molar-refractivity contribution >= 4 is 28.6 Å². The third-order valence-corrected chi connectivity index (χ3v) is 4.99. The van der Waals surface area contributed by atoms with Crippen molar-refractivity contribution in [3.05, 3.63) is 80.7 Å². The van der Waals surface area contributed by atoms with Crippen molar-refractivity contribution in [2.45, 2.75) is 26.2 Å². The monoisotopic (exact) mass is 360 g/mol. The van der Waals surface area contributed by atoms with E-state index in [1.165, 1.54) is 12.7 Å². The first-order valence-electron chi connectivity index (χ1n) is 9.02. The molecule has 4 heteroatoms. The van der Waals surface area contributed by atoms with Crippen LogP contribution in [0.5, 0.6) is 0 Å². The molecule has 0 N–H and O–H groups in total. The van der Waals surface area contributed by atoms with Crippen LogP contribution in [-0.2, 0) is 11.2 Å². The summed E-state index contributed by atoms with van der Waals surface area (Å²) in [6.07, 6.45) is 4.55. The third-order valence-electron chi connectivity index (χ3n) is 4.99. The number of benzene rings is 2. The lowest BCUT2D eigenvalue weighted by Crippen LogP contribution is -2.16. The normalized spacial score (nSPS) is 15.0. The van der Waals surface area contributed by atoms with E-state index >= 15 is 0 Å². The highest BCUT2D eigenvalue weighted by Gasteiger charge is 2.22. The molecule has 4 nitrogen and oxygen atoms in total. The van der Waals surface area contributed by atoms with Crippen LogP contribution in [-0.4, -0.2) is 13.1 Å². The summed E-state index contributed by atoms with van der Waals surface area (Å²) in [4.78, 5) is 24.8. The molecular weight excluding hydrogens is 340 g/mol. The second kappa shape index (κ2) is 6.88. The topological polar surface area (TPSA) is 56.5 Å². The summed E-state index contributed by atoms with van der Waals surface area (Å²) in [6.45, 7) is 2.06. The Bertz CT molecular complexity index is 1120. The van der Waals surface area contributed by atoms with Crippen molar-refractivity contribution in [1.29, 1.82) is 0 Å². The summed E-state index contributed by atoms with van der Waals surface area (Å²) in [5, 5.41) is 0.424. The van der Waals surface area contributed by atoms with Gasteiger partial charge in [-0.2, -0.15) is 0 Å². The maximum atomic E-state index is 13.0. The molecule has 2 aromatic carbocycles. The molecule has 0 saturated heterocycles. The minimum absolute atomic E-state index is 0.0634. The van der Waals surface area contributed by atoms with E-state index in [4.69, 9.17) is 9.15 Å². The van der Waals surface area contributed by atoms with Gasteiger partial charge in [0.05, 0.1) is 18.1 Å². The molecule has 0 radical (unpaired) electrons. The van der Waals surface area contributed by atoms with Crippen molar-refractivity contribution in [1.82, 2.24) is 0 Å². The van der Waals surface area contributed by atoms with Crippen LogP contribution in [0.15, 0.2) is 51.7 Å². The second-order valence-electron chi connectivity index (χ2n) is 6.88. The standard InChI is InChI=1S/C23H20O4/c1-14-6-8-15(9-7-14)12-16-4-3-5-18-21(24)19-13-17(23(25)26-2)10-11-20(19)27-22(16)18/h6-13H,3-5H2,1-2H3. The van der Waals surface area contributed by atoms with E-state index in [1.807, 2.05) is 0 Å². The number of rotatable bonds is 2. The molecule has 1 aliphatic carbocycles. The van der Waals surface area contributed by atoms with Gasteiger partial charge in [-0.05, 0) is 61.6 Å². The third kappa shape index (κ3) is 3.19. The first-order chi connectivity index (χ1) is 13.1. The molecular formula is C23H20O4. The second-order valence-corrected chi connectivity index (χ2v) is 6.88. The smallest absolute Gasteiger partial charge is 0.337 e. The van der Waals surface area contributed by atoms with E-state index in [1.54, 1.807) is 18.2 Å². The highest BCUT2D eigenvalue weighted by atomic mass is 16.5. The van der Waals surface area contributed by atoms with Gasteiger partial charge in [0, 0.05) is 5.56 Å². The summed E-state index contributed by atoms with van der Waals surface area (Å²) in [7, 11) is 1.32. The van der Waals surface area contributed by atoms with Crippen LogP contribution in [0.25, 0.3) is 22.6 Å². The van der Waals surface area contributed by atoms with Gasteiger partial charge < -0.3 is 9.15 Å². The zero-order chi connectivity index (χ0) is 19.0. The van der Waals surface area contributed by atoms with Gasteiger partial charge in [-0.1, -0.05) is 29.8 Å². The maximum absolute atomic E-state index is 13.0. The van der Waals surface area contributed by atoms with Crippen molar-refractivity contribution in [3.63, 3.8) is 0 Å². The lowest BCUT2D eigenvalue weighted by Gasteiger charge is -2.18. The van der Waals surface area contributed by atoms with Crippen molar-refractivity contribution in [3.8, 4) is 0 Å². The Balaban J connectivity index is 1.87. The number of esters is 1. The van der Waals surface area contributed by atoms with Gasteiger partial charge in [-0.3, -0.25) is 4.79 Å². The molecule has 1 aliphatic rings. The Morgan fingerprint density at radius 2 is 1.89 bits per heavy atom. The van der Waals surface area contributed by atoms with Crippen LogP contribution in [0.2, 0.25) is 0 Å². The number of hydrogen-bond acceptors (Lipinski definition) is 4. The lowest BCUT2D eigenvalue weighted by atomic mass is 9.90. The van der Waals surface area contributed by atoms with Gasteiger partial charge in [0.2, 0.25) is 0 Å². The van der Waals surface area contributed by atoms with E-state index in [-0.39, 0.29) is 5.43 Å². The number of fused-ring (bicyclic) bond motifs is 2. The molecule has 0 saturated carbocycles. The van der Waals surface area contributed by atoms with Gasteiger partial charge >= 0.3 is 5.97 Å². The molecule has 136 valence electrons. The zero-order valence-electron chi connectivity index (χ0n) is 15.4. The minimum atomic E-state index is -0.464. The quantitative estimate of drug-likeness (QED) is 0.618. The molecule has 0 unspecified atom stereocenters. The molecule has 0 fully saturated rings. The molecule has 0 amide bonds. The first-order valence-corrected chi connectivity index (χ1v) is 9.02. The van der Waals surface area contributed by atoms with E-state index in [0.29, 0.717) is 34.3 Å². The zero-order valence-corrected chi connectivity index (χ0v) is 15.4. The predicted molar refractivity (Wildman–Crippen MR) is 106 cm³/mol. The van der Waals surface area contributed by atoms with Gasteiger partial charge in [-0.25, -0.2) is 4.79 Å². The van der Waals surface area contributed by atoms with Crippen LogP contribution in [0, 0.1) is 6.92 Å². The Hall–Kier alpha value is -3.14. The van der Waals surface area contributed by atoms with Crippen molar-refractivity contribution < 1.29 is 13.9 Å². The van der Waals surface area contributed by atoms with E-state index in [2.05, 4.69) is 37.3 Å². The number of allylic oxidation sites excluding steroid dienone is 1. The van der Waals surface area contributed by atoms with Crippen molar-refractivity contribution in [2.24, 2.45) is 0 Å². The fourth-order valence-electron chi connectivity index (χ4n) is 3.54. The van der Waals surface area contributed by atoms with Crippen LogP contribution >= 0.6 is 0 Å². The SMILES string of the molecule is COC(=O)c1ccc2oc3c(c(=O)c2c1)CCCC3=Cc1ccc(C)cc1. The van der Waals surface area contributed by atoms with Crippen LogP contribution in [0.3, 0.4) is 0 Å². The number of methoxy groups -OCH3 is 1. The van der Waals surface area contributed by atoms with Crippen molar-refractivity contribution in [2.75, 3.05) is 7.11 Å². The van der Waals surface area contributed by atoms with E-state index in [9.17, 15) is 9.59 Å². The van der Waals surface area contributed by atoms with Gasteiger partial charge in [0.15, 0.2) is 5.43 Å². The molecule has 1 aromatic heterocycles. The number of hydrogen-bond donors (Lipinski definition) is 0. The van der Waals surface area contributed by atoms with Crippen LogP contribution in [0.4, 0.5) is 0 Å². The number of aryl methyl sites for hydroxylation is 1. The fraction of sp³-hybridized carbons (Fsp3) is 0.217. The number of carbonyl (C=O) groups is 1. The average molecular weight is 360 g/mol. The Kier molecular flexibility index (Phi) is 4.40. The molecule has 1 heterocycles. The fourth-order valence-corrected chi connectivity index (χ4v) is 3.54. The molecule has 0 bridgehead atoms. The van der Waals surface area contributed by atoms with E-state index in [0.717, 1.165) is 24.0 Å². The maximum Gasteiger partial charge on any atom is 0.337 e. The number of carbonyl (C=O) groups excluding carboxylic acids is 1. The Morgan fingerprint density at radius 1 is 1.11 bits per heavy atom. The summed E-state index contributed by atoms with van der Waals surface area (Å²) < 4.78 is 10.9. The predicted octanol–water partition coefficient (Wildman–Crippen LogP) is 4.76. The summed E-state index contributed by atoms with van der Waals surface area (Å²) in [5.74, 6) is 0.208. The first kappa shape index (κ1) is 17.3. The molecule has 3 aromatic rings. The van der Waals surface area contributed by atoms with Gasteiger partial charge in [-0.15, -0.1) is 0 Å². The van der Waals surface area contributed by atoms with Gasteiger partial charge in [0.1, 0.15) is 11.3 Å². The van der Waals surface area contributed by atoms with Crippen LogP contribution < -0.4 is 5.43 Å². The molecule has 0 atom stereocenters. The van der Waals surface area contributed by atoms with Gasteiger partial charge in [0.25, 0.3) is 0 Å². The Labute approximate surface area is 157 Å². The lowest BCUT2D eigenvalue weighted by molar-refractivity contribution is 0.0601. The van der Waals surface area contributed by atoms with Crippen LogP contribution in [0.1, 0.15) is 45.7 Å². The largest absolute Gasteiger partial charge is 0.465 e. The molecule has 27 heavy (non-hydrogen) atoms. The Morgan fingerprint density at radius 3 is 2.63 bits per heavy atom. The molecule has 0 aliphatic heterocycles.